The van der Waals surface area contributed by atoms with Gasteiger partial charge in [0.25, 0.3) is 0 Å². The van der Waals surface area contributed by atoms with Gasteiger partial charge in [0, 0.05) is 33.9 Å². The molecule has 4 nitrogen and oxygen atoms in total. The Labute approximate surface area is 137 Å². The van der Waals surface area contributed by atoms with Crippen LogP contribution in [0.4, 0.5) is 0 Å². The van der Waals surface area contributed by atoms with Gasteiger partial charge in [-0.3, -0.25) is 0 Å². The average Bonchev–Trinajstić information content (AvgIpc) is 3.16. The summed E-state index contributed by atoms with van der Waals surface area (Å²) in [6.45, 7) is 2.84. The van der Waals surface area contributed by atoms with Crippen molar-refractivity contribution in [3.8, 4) is 10.4 Å². The van der Waals surface area contributed by atoms with E-state index in [9.17, 15) is 5.11 Å². The Morgan fingerprint density at radius 2 is 2.23 bits per heavy atom. The number of halogens is 1. The predicted octanol–water partition coefficient (Wildman–Crippen LogP) is 4.20. The van der Waals surface area contributed by atoms with E-state index in [1.165, 1.54) is 11.3 Å². The Morgan fingerprint density at radius 1 is 1.41 bits per heavy atom. The van der Waals surface area contributed by atoms with Gasteiger partial charge in [0.2, 0.25) is 0 Å². The van der Waals surface area contributed by atoms with Crippen LogP contribution in [0.1, 0.15) is 36.9 Å². The van der Waals surface area contributed by atoms with Gasteiger partial charge in [0.1, 0.15) is 0 Å². The van der Waals surface area contributed by atoms with Gasteiger partial charge < -0.3 is 5.11 Å². The summed E-state index contributed by atoms with van der Waals surface area (Å²) in [7, 11) is 0. The van der Waals surface area contributed by atoms with E-state index >= 15 is 0 Å². The molecule has 0 aliphatic heterocycles. The Hall–Kier alpha value is -1.43. The molecule has 22 heavy (non-hydrogen) atoms. The summed E-state index contributed by atoms with van der Waals surface area (Å²) < 4.78 is 2.67. The van der Waals surface area contributed by atoms with Gasteiger partial charge in [-0.05, 0) is 31.9 Å². The van der Waals surface area contributed by atoms with Crippen molar-refractivity contribution in [1.29, 1.82) is 0 Å². The zero-order valence-corrected chi connectivity index (χ0v) is 13.8. The Balaban J connectivity index is 2.08. The molecule has 0 bridgehead atoms. The molecule has 114 valence electrons. The Kier molecular flexibility index (Phi) is 3.44. The summed E-state index contributed by atoms with van der Waals surface area (Å²) in [5.74, 6) is 0.473. The lowest BCUT2D eigenvalue weighted by Gasteiger charge is -2.13. The molecule has 1 aliphatic carbocycles. The second-order valence-corrected chi connectivity index (χ2v) is 7.30. The highest BCUT2D eigenvalue weighted by Gasteiger charge is 2.31. The van der Waals surface area contributed by atoms with Crippen LogP contribution in [0.15, 0.2) is 18.3 Å². The Bertz CT molecular complexity index is 851. The van der Waals surface area contributed by atoms with Gasteiger partial charge in [-0.2, -0.15) is 5.10 Å². The van der Waals surface area contributed by atoms with Crippen LogP contribution in [0.3, 0.4) is 0 Å². The zero-order chi connectivity index (χ0) is 15.3. The maximum absolute atomic E-state index is 9.97. The number of thiophene rings is 1. The number of nitrogens with zero attached hydrogens (tertiary/aromatic N) is 3. The highest BCUT2D eigenvalue weighted by molar-refractivity contribution is 7.19. The first-order valence-corrected chi connectivity index (χ1v) is 8.67. The van der Waals surface area contributed by atoms with E-state index in [1.54, 1.807) is 0 Å². The second-order valence-electron chi connectivity index (χ2n) is 5.58. The van der Waals surface area contributed by atoms with Gasteiger partial charge in [0.15, 0.2) is 5.65 Å². The molecule has 0 radical (unpaired) electrons. The van der Waals surface area contributed by atoms with E-state index < -0.39 is 0 Å². The maximum atomic E-state index is 9.97. The van der Waals surface area contributed by atoms with Crippen LogP contribution in [0.2, 0.25) is 4.34 Å². The van der Waals surface area contributed by atoms with E-state index in [0.717, 1.165) is 56.5 Å². The fourth-order valence-electron chi connectivity index (χ4n) is 2.96. The third kappa shape index (κ3) is 2.16. The van der Waals surface area contributed by atoms with E-state index in [-0.39, 0.29) is 6.61 Å². The molecule has 3 aromatic heterocycles. The quantitative estimate of drug-likeness (QED) is 0.778. The molecule has 4 rings (SSSR count). The fraction of sp³-hybridized carbons (Fsp3) is 0.375. The summed E-state index contributed by atoms with van der Waals surface area (Å²) in [6.07, 6.45) is 4.15. The molecule has 0 amide bonds. The molecule has 3 aromatic rings. The van der Waals surface area contributed by atoms with E-state index in [4.69, 9.17) is 16.6 Å². The van der Waals surface area contributed by atoms with Crippen LogP contribution in [0.25, 0.3) is 21.5 Å². The first-order valence-electron chi connectivity index (χ1n) is 7.47. The second kappa shape index (κ2) is 5.33. The standard InChI is InChI=1S/C16H16ClN3OS/c1-2-20-16-10(7-18-20)14(12-5-6-13(17)22-12)11(8-21)15(19-16)9-3-4-9/h5-7,9,21H,2-4,8H2,1H3. The molecular weight excluding hydrogens is 318 g/mol. The molecule has 1 fully saturated rings. The summed E-state index contributed by atoms with van der Waals surface area (Å²) in [5, 5.41) is 15.4. The van der Waals surface area contributed by atoms with E-state index in [1.807, 2.05) is 23.0 Å². The van der Waals surface area contributed by atoms with Gasteiger partial charge >= 0.3 is 0 Å². The minimum atomic E-state index is -0.00304. The van der Waals surface area contributed by atoms with Crippen LogP contribution in [0.5, 0.6) is 0 Å². The van der Waals surface area contributed by atoms with Crippen molar-refractivity contribution < 1.29 is 5.11 Å². The van der Waals surface area contributed by atoms with Crippen LogP contribution in [0, 0.1) is 0 Å². The summed E-state index contributed by atoms with van der Waals surface area (Å²) in [4.78, 5) is 5.91. The lowest BCUT2D eigenvalue weighted by atomic mass is 10.00. The normalized spacial score (nSPS) is 14.9. The Morgan fingerprint density at radius 3 is 2.82 bits per heavy atom. The molecule has 0 unspecified atom stereocenters. The summed E-state index contributed by atoms with van der Waals surface area (Å²) >= 11 is 7.66. The molecule has 0 aromatic carbocycles. The first-order chi connectivity index (χ1) is 10.7. The number of pyridine rings is 1. The first kappa shape index (κ1) is 14.2. The van der Waals surface area contributed by atoms with Gasteiger partial charge in [0.05, 0.1) is 22.8 Å². The van der Waals surface area contributed by atoms with Gasteiger partial charge in [-0.15, -0.1) is 11.3 Å². The van der Waals surface area contributed by atoms with Crippen LogP contribution >= 0.6 is 22.9 Å². The third-order valence-corrected chi connectivity index (χ3v) is 5.41. The molecular formula is C16H16ClN3OS. The highest BCUT2D eigenvalue weighted by atomic mass is 35.5. The summed E-state index contributed by atoms with van der Waals surface area (Å²) in [5.41, 5.74) is 3.92. The smallest absolute Gasteiger partial charge is 0.158 e. The topological polar surface area (TPSA) is 50.9 Å². The van der Waals surface area contributed by atoms with Gasteiger partial charge in [-0.25, -0.2) is 9.67 Å². The SMILES string of the molecule is CCn1ncc2c(-c3ccc(Cl)s3)c(CO)c(C3CC3)nc21. The van der Waals surface area contributed by atoms with Crippen LogP contribution in [-0.4, -0.2) is 19.9 Å². The number of fused-ring (bicyclic) bond motifs is 1. The fourth-order valence-corrected chi connectivity index (χ4v) is 4.09. The van der Waals surface area contributed by atoms with E-state index in [2.05, 4.69) is 12.0 Å². The molecule has 0 atom stereocenters. The highest BCUT2D eigenvalue weighted by Crippen LogP contribution is 2.46. The van der Waals surface area contributed by atoms with Crippen molar-refractivity contribution in [2.45, 2.75) is 38.8 Å². The number of aliphatic hydroxyl groups is 1. The molecule has 1 saturated carbocycles. The lowest BCUT2D eigenvalue weighted by Crippen LogP contribution is -2.04. The molecule has 0 spiro atoms. The minimum Gasteiger partial charge on any atom is -0.392 e. The number of aromatic nitrogens is 3. The molecule has 0 saturated heterocycles. The van der Waals surface area contributed by atoms with Crippen molar-refractivity contribution in [3.05, 3.63) is 33.9 Å². The lowest BCUT2D eigenvalue weighted by molar-refractivity contribution is 0.280. The molecule has 1 aliphatic rings. The number of rotatable bonds is 4. The number of hydrogen-bond acceptors (Lipinski definition) is 4. The molecule has 3 heterocycles. The minimum absolute atomic E-state index is 0.00304. The zero-order valence-electron chi connectivity index (χ0n) is 12.2. The third-order valence-electron chi connectivity index (χ3n) is 4.16. The number of aryl methyl sites for hydroxylation is 1. The van der Waals surface area contributed by atoms with Crippen LogP contribution in [-0.2, 0) is 13.2 Å². The van der Waals surface area contributed by atoms with Crippen LogP contribution < -0.4 is 0 Å². The number of hydrogen-bond donors (Lipinski definition) is 1. The average molecular weight is 334 g/mol. The van der Waals surface area contributed by atoms with Crippen molar-refractivity contribution in [2.24, 2.45) is 0 Å². The number of aliphatic hydroxyl groups excluding tert-OH is 1. The molecule has 6 heteroatoms. The summed E-state index contributed by atoms with van der Waals surface area (Å²) in [6, 6.07) is 3.91. The van der Waals surface area contributed by atoms with Crippen molar-refractivity contribution in [3.63, 3.8) is 0 Å². The largest absolute Gasteiger partial charge is 0.392 e. The van der Waals surface area contributed by atoms with E-state index in [0.29, 0.717) is 5.92 Å². The van der Waals surface area contributed by atoms with Gasteiger partial charge in [-0.1, -0.05) is 11.6 Å². The molecule has 1 N–H and O–H groups in total. The van der Waals surface area contributed by atoms with Crippen molar-refractivity contribution in [2.75, 3.05) is 0 Å². The monoisotopic (exact) mass is 333 g/mol. The van der Waals surface area contributed by atoms with Crippen molar-refractivity contribution >= 4 is 34.0 Å². The van der Waals surface area contributed by atoms with Crippen molar-refractivity contribution in [1.82, 2.24) is 14.8 Å². The predicted molar refractivity (Wildman–Crippen MR) is 89.4 cm³/mol. The maximum Gasteiger partial charge on any atom is 0.158 e.